The number of hydrogen-bond donors (Lipinski definition) is 1. The van der Waals surface area contributed by atoms with Gasteiger partial charge in [0.05, 0.1) is 9.79 Å². The highest BCUT2D eigenvalue weighted by atomic mass is 32.2. The van der Waals surface area contributed by atoms with Gasteiger partial charge in [0.25, 0.3) is 5.91 Å². The van der Waals surface area contributed by atoms with E-state index >= 15 is 0 Å². The van der Waals surface area contributed by atoms with Gasteiger partial charge >= 0.3 is 0 Å². The topological polar surface area (TPSA) is 104 Å². The number of rotatable bonds is 8. The van der Waals surface area contributed by atoms with Gasteiger partial charge < -0.3 is 5.32 Å². The van der Waals surface area contributed by atoms with E-state index < -0.39 is 26.0 Å². The average Bonchev–Trinajstić information content (AvgIpc) is 3.10. The molecule has 1 amide bonds. The third kappa shape index (κ3) is 5.81. The van der Waals surface area contributed by atoms with Crippen LogP contribution in [0.25, 0.3) is 0 Å². The molecule has 0 spiro atoms. The van der Waals surface area contributed by atoms with Gasteiger partial charge in [-0.2, -0.15) is 8.61 Å². The van der Waals surface area contributed by atoms with Gasteiger partial charge in [-0.25, -0.2) is 16.8 Å². The molecule has 0 bridgehead atoms. The van der Waals surface area contributed by atoms with E-state index in [1.807, 2.05) is 0 Å². The summed E-state index contributed by atoms with van der Waals surface area (Å²) in [5.41, 5.74) is 0.622. The zero-order chi connectivity index (χ0) is 24.1. The highest BCUT2D eigenvalue weighted by Crippen LogP contribution is 2.22. The molecule has 3 rings (SSSR count). The zero-order valence-corrected chi connectivity index (χ0v) is 20.7. The Morgan fingerprint density at radius 3 is 2.06 bits per heavy atom. The van der Waals surface area contributed by atoms with Gasteiger partial charge in [-0.1, -0.05) is 32.8 Å². The lowest BCUT2D eigenvalue weighted by atomic mass is 10.2. The molecule has 1 aliphatic heterocycles. The summed E-state index contributed by atoms with van der Waals surface area (Å²) >= 11 is 0. The number of nitrogens with zero attached hydrogens (tertiary/aromatic N) is 2. The second kappa shape index (κ2) is 10.8. The Hall–Kier alpha value is -2.27. The number of amides is 1. The molecule has 0 radical (unpaired) electrons. The Morgan fingerprint density at radius 2 is 1.48 bits per heavy atom. The molecular formula is C23H31N3O5S2. The summed E-state index contributed by atoms with van der Waals surface area (Å²) in [6.45, 7) is 5.26. The lowest BCUT2D eigenvalue weighted by Gasteiger charge is -2.20. The molecule has 0 atom stereocenters. The molecule has 0 saturated carbocycles. The van der Waals surface area contributed by atoms with Crippen molar-refractivity contribution in [3.8, 4) is 0 Å². The van der Waals surface area contributed by atoms with Crippen molar-refractivity contribution in [3.63, 3.8) is 0 Å². The monoisotopic (exact) mass is 493 g/mol. The van der Waals surface area contributed by atoms with Gasteiger partial charge in [-0.05, 0) is 55.3 Å². The normalized spacial score (nSPS) is 15.8. The van der Waals surface area contributed by atoms with Crippen LogP contribution in [0.3, 0.4) is 0 Å². The summed E-state index contributed by atoms with van der Waals surface area (Å²) in [7, 11) is -7.24. The van der Waals surface area contributed by atoms with E-state index in [1.54, 1.807) is 26.0 Å². The maximum Gasteiger partial charge on any atom is 0.255 e. The van der Waals surface area contributed by atoms with Crippen LogP contribution in [0.2, 0.25) is 0 Å². The smallest absolute Gasteiger partial charge is 0.255 e. The summed E-state index contributed by atoms with van der Waals surface area (Å²) in [5, 5.41) is 2.69. The number of sulfonamides is 2. The fourth-order valence-corrected chi connectivity index (χ4v) is 6.88. The van der Waals surface area contributed by atoms with E-state index in [4.69, 9.17) is 0 Å². The molecule has 2 aromatic rings. The van der Waals surface area contributed by atoms with E-state index in [2.05, 4.69) is 5.32 Å². The summed E-state index contributed by atoms with van der Waals surface area (Å²) < 4.78 is 54.2. The molecule has 1 saturated heterocycles. The summed E-state index contributed by atoms with van der Waals surface area (Å²) in [6, 6.07) is 11.9. The average molecular weight is 494 g/mol. The third-order valence-corrected chi connectivity index (χ3v) is 9.71. The molecule has 0 unspecified atom stereocenters. The SMILES string of the molecule is CCN(CC)S(=O)(=O)c1cccc(NC(=O)c2ccc(S(=O)(=O)N3CCCCCC3)cc2)c1. The molecular weight excluding hydrogens is 462 g/mol. The van der Waals surface area contributed by atoms with Crippen LogP contribution in [-0.2, 0) is 20.0 Å². The van der Waals surface area contributed by atoms with Crippen LogP contribution in [0.1, 0.15) is 49.9 Å². The van der Waals surface area contributed by atoms with Crippen LogP contribution in [0, 0.1) is 0 Å². The minimum atomic E-state index is -3.65. The van der Waals surface area contributed by atoms with Gasteiger partial charge in [0.15, 0.2) is 0 Å². The Kier molecular flexibility index (Phi) is 8.28. The third-order valence-electron chi connectivity index (χ3n) is 5.75. The lowest BCUT2D eigenvalue weighted by Crippen LogP contribution is -2.31. The second-order valence-electron chi connectivity index (χ2n) is 7.91. The van der Waals surface area contributed by atoms with Gasteiger partial charge in [-0.15, -0.1) is 0 Å². The van der Waals surface area contributed by atoms with E-state index in [0.29, 0.717) is 31.9 Å². The van der Waals surface area contributed by atoms with Crippen molar-refractivity contribution >= 4 is 31.6 Å². The van der Waals surface area contributed by atoms with Crippen molar-refractivity contribution < 1.29 is 21.6 Å². The van der Waals surface area contributed by atoms with Crippen LogP contribution in [0.4, 0.5) is 5.69 Å². The predicted molar refractivity (Wildman–Crippen MR) is 128 cm³/mol. The van der Waals surface area contributed by atoms with Crippen molar-refractivity contribution in [1.29, 1.82) is 0 Å². The molecule has 1 fully saturated rings. The van der Waals surface area contributed by atoms with Crippen LogP contribution < -0.4 is 5.32 Å². The Balaban J connectivity index is 1.75. The predicted octanol–water partition coefficient (Wildman–Crippen LogP) is 3.53. The van der Waals surface area contributed by atoms with Crippen molar-refractivity contribution in [1.82, 2.24) is 8.61 Å². The first-order valence-corrected chi connectivity index (χ1v) is 14.1. The van der Waals surface area contributed by atoms with Crippen LogP contribution in [0.15, 0.2) is 58.3 Å². The van der Waals surface area contributed by atoms with Crippen molar-refractivity contribution in [2.75, 3.05) is 31.5 Å². The van der Waals surface area contributed by atoms with Crippen LogP contribution in [-0.4, -0.2) is 57.5 Å². The van der Waals surface area contributed by atoms with Gasteiger partial charge in [-0.3, -0.25) is 4.79 Å². The number of carbonyl (C=O) groups is 1. The van der Waals surface area contributed by atoms with Crippen LogP contribution >= 0.6 is 0 Å². The number of carbonyl (C=O) groups excluding carboxylic acids is 1. The standard InChI is InChI=1S/C23H31N3O5S2/c1-3-25(4-2)33(30,31)22-11-9-10-20(18-22)24-23(27)19-12-14-21(15-13-19)32(28,29)26-16-7-5-6-8-17-26/h9-15,18H,3-8,16-17H2,1-2H3,(H,24,27). The summed E-state index contributed by atoms with van der Waals surface area (Å²) in [6.07, 6.45) is 3.76. The fraction of sp³-hybridized carbons (Fsp3) is 0.435. The van der Waals surface area contributed by atoms with Crippen LogP contribution in [0.5, 0.6) is 0 Å². The molecule has 1 aliphatic rings. The van der Waals surface area contributed by atoms with E-state index in [9.17, 15) is 21.6 Å². The molecule has 1 N–H and O–H groups in total. The molecule has 0 aromatic heterocycles. The minimum absolute atomic E-state index is 0.0999. The second-order valence-corrected chi connectivity index (χ2v) is 11.8. The zero-order valence-electron chi connectivity index (χ0n) is 19.0. The maximum absolute atomic E-state index is 12.9. The summed E-state index contributed by atoms with van der Waals surface area (Å²) in [4.78, 5) is 13.0. The Labute approximate surface area is 196 Å². The molecule has 8 nitrogen and oxygen atoms in total. The fourth-order valence-electron chi connectivity index (χ4n) is 3.86. The van der Waals surface area contributed by atoms with Gasteiger partial charge in [0, 0.05) is 37.4 Å². The first-order chi connectivity index (χ1) is 15.7. The maximum atomic E-state index is 12.9. The van der Waals surface area contributed by atoms with E-state index in [-0.39, 0.29) is 15.4 Å². The molecule has 33 heavy (non-hydrogen) atoms. The Bertz CT molecular complexity index is 1170. The Morgan fingerprint density at radius 1 is 0.879 bits per heavy atom. The van der Waals surface area contributed by atoms with E-state index in [0.717, 1.165) is 25.7 Å². The van der Waals surface area contributed by atoms with Gasteiger partial charge in [0.2, 0.25) is 20.0 Å². The molecule has 2 aromatic carbocycles. The first kappa shape index (κ1) is 25.4. The largest absolute Gasteiger partial charge is 0.322 e. The number of anilines is 1. The molecule has 10 heteroatoms. The highest BCUT2D eigenvalue weighted by Gasteiger charge is 2.25. The van der Waals surface area contributed by atoms with Crippen molar-refractivity contribution in [2.24, 2.45) is 0 Å². The van der Waals surface area contributed by atoms with E-state index in [1.165, 1.54) is 45.0 Å². The molecule has 180 valence electrons. The first-order valence-electron chi connectivity index (χ1n) is 11.2. The molecule has 1 heterocycles. The molecule has 0 aliphatic carbocycles. The minimum Gasteiger partial charge on any atom is -0.322 e. The highest BCUT2D eigenvalue weighted by molar-refractivity contribution is 7.89. The van der Waals surface area contributed by atoms with Crippen molar-refractivity contribution in [3.05, 3.63) is 54.1 Å². The summed E-state index contributed by atoms with van der Waals surface area (Å²) in [5.74, 6) is -0.453. The number of benzene rings is 2. The van der Waals surface area contributed by atoms with Gasteiger partial charge in [0.1, 0.15) is 0 Å². The van der Waals surface area contributed by atoms with Crippen molar-refractivity contribution in [2.45, 2.75) is 49.3 Å². The quantitative estimate of drug-likeness (QED) is 0.606. The number of nitrogens with one attached hydrogen (secondary N) is 1. The number of hydrogen-bond acceptors (Lipinski definition) is 5. The lowest BCUT2D eigenvalue weighted by molar-refractivity contribution is 0.102.